The fourth-order valence-electron chi connectivity index (χ4n) is 4.53. The highest BCUT2D eigenvalue weighted by Gasteiger charge is 2.24. The topological polar surface area (TPSA) is 88.5 Å². The number of ether oxygens (including phenoxy) is 1. The number of anilines is 3. The third-order valence-corrected chi connectivity index (χ3v) is 6.08. The van der Waals surface area contributed by atoms with Crippen molar-refractivity contribution in [2.45, 2.75) is 39.3 Å². The Hall–Kier alpha value is -4.40. The number of hydrogen-bond donors (Lipinski definition) is 2. The lowest BCUT2D eigenvalue weighted by atomic mass is 10.1. The lowest BCUT2D eigenvalue weighted by Crippen LogP contribution is -2.27. The van der Waals surface area contributed by atoms with Gasteiger partial charge in [0.1, 0.15) is 17.1 Å². The molecular weight excluding hydrogens is 473 g/mol. The molecule has 0 fully saturated rings. The molecule has 4 aromatic rings. The molecule has 1 aliphatic rings. The van der Waals surface area contributed by atoms with Crippen molar-refractivity contribution in [3.8, 4) is 0 Å². The maximum Gasteiger partial charge on any atom is 0.420 e. The molecule has 8 nitrogen and oxygen atoms in total. The van der Waals surface area contributed by atoms with E-state index in [0.717, 1.165) is 35.2 Å². The van der Waals surface area contributed by atoms with Gasteiger partial charge in [-0.3, -0.25) is 0 Å². The van der Waals surface area contributed by atoms with Crippen molar-refractivity contribution in [3.05, 3.63) is 83.9 Å². The number of amides is 2. The third-order valence-electron chi connectivity index (χ3n) is 6.08. The molecule has 2 aromatic carbocycles. The van der Waals surface area contributed by atoms with Crippen molar-refractivity contribution in [1.29, 1.82) is 0 Å². The Morgan fingerprint density at radius 1 is 1.08 bits per heavy atom. The Kier molecular flexibility index (Phi) is 6.29. The number of carbonyl (C=O) groups excluding carboxylic acids is 2. The summed E-state index contributed by atoms with van der Waals surface area (Å²) >= 11 is 0. The van der Waals surface area contributed by atoms with Crippen LogP contribution in [0.3, 0.4) is 0 Å². The average molecular weight is 502 g/mol. The Morgan fingerprint density at radius 3 is 2.68 bits per heavy atom. The van der Waals surface area contributed by atoms with Crippen LogP contribution in [0.5, 0.6) is 0 Å². The number of hydrogen-bond acceptors (Lipinski definition) is 5. The summed E-state index contributed by atoms with van der Waals surface area (Å²) in [6.07, 6.45) is 3.68. The molecule has 0 unspecified atom stereocenters. The highest BCUT2D eigenvalue weighted by molar-refractivity contribution is 6.01. The molecule has 0 radical (unpaired) electrons. The van der Waals surface area contributed by atoms with Crippen molar-refractivity contribution in [2.24, 2.45) is 0 Å². The van der Waals surface area contributed by atoms with Crippen LogP contribution in [0.25, 0.3) is 11.0 Å². The number of carbonyl (C=O) groups is 2. The van der Waals surface area contributed by atoms with E-state index < -0.39 is 23.5 Å². The lowest BCUT2D eigenvalue weighted by Gasteiger charge is -2.21. The van der Waals surface area contributed by atoms with Gasteiger partial charge in [0.05, 0.1) is 0 Å². The number of halogens is 1. The van der Waals surface area contributed by atoms with Crippen LogP contribution >= 0.6 is 0 Å². The van der Waals surface area contributed by atoms with E-state index in [1.165, 1.54) is 16.7 Å². The van der Waals surface area contributed by atoms with Gasteiger partial charge in [-0.2, -0.15) is 0 Å². The van der Waals surface area contributed by atoms with E-state index in [0.29, 0.717) is 23.6 Å². The summed E-state index contributed by atoms with van der Waals surface area (Å²) < 4.78 is 20.4. The van der Waals surface area contributed by atoms with Crippen LogP contribution in [-0.2, 0) is 17.7 Å². The number of rotatable bonds is 4. The average Bonchev–Trinajstić information content (AvgIpc) is 3.44. The second-order valence-electron chi connectivity index (χ2n) is 9.94. The Balaban J connectivity index is 1.34. The molecular formula is C28H28FN5O3. The van der Waals surface area contributed by atoms with E-state index in [1.54, 1.807) is 24.5 Å². The number of fused-ring (bicyclic) bond motifs is 2. The highest BCUT2D eigenvalue weighted by atomic mass is 19.1. The minimum Gasteiger partial charge on any atom is -0.443 e. The van der Waals surface area contributed by atoms with Gasteiger partial charge in [-0.15, -0.1) is 0 Å². The van der Waals surface area contributed by atoms with E-state index >= 15 is 0 Å². The quantitative estimate of drug-likeness (QED) is 0.349. The Bertz CT molecular complexity index is 1490. The number of pyridine rings is 1. The number of benzene rings is 2. The summed E-state index contributed by atoms with van der Waals surface area (Å²) in [5.74, 6) is -0.416. The first kappa shape index (κ1) is 24.3. The smallest absolute Gasteiger partial charge is 0.420 e. The normalized spacial score (nSPS) is 12.9. The van der Waals surface area contributed by atoms with Crippen LogP contribution in [-0.4, -0.2) is 33.8 Å². The van der Waals surface area contributed by atoms with Crippen molar-refractivity contribution in [1.82, 2.24) is 9.55 Å². The first-order valence-electron chi connectivity index (χ1n) is 12.1. The molecule has 0 bridgehead atoms. The van der Waals surface area contributed by atoms with Gasteiger partial charge in [0.25, 0.3) is 0 Å². The zero-order valence-corrected chi connectivity index (χ0v) is 20.9. The fourth-order valence-corrected chi connectivity index (χ4v) is 4.53. The van der Waals surface area contributed by atoms with Crippen LogP contribution in [0, 0.1) is 5.82 Å². The molecule has 0 saturated carbocycles. The lowest BCUT2D eigenvalue weighted by molar-refractivity contribution is 0.0543. The monoisotopic (exact) mass is 501 g/mol. The van der Waals surface area contributed by atoms with Crippen LogP contribution in [0.1, 0.15) is 31.9 Å². The second-order valence-corrected chi connectivity index (χ2v) is 9.94. The molecule has 0 aliphatic carbocycles. The molecule has 2 amide bonds. The van der Waals surface area contributed by atoms with Crippen molar-refractivity contribution < 1.29 is 18.7 Å². The predicted octanol–water partition coefficient (Wildman–Crippen LogP) is 6.17. The van der Waals surface area contributed by atoms with E-state index in [1.807, 2.05) is 51.1 Å². The molecule has 1 aliphatic heterocycles. The highest BCUT2D eigenvalue weighted by Crippen LogP contribution is 2.35. The Labute approximate surface area is 214 Å². The second kappa shape index (κ2) is 9.57. The number of aromatic nitrogens is 2. The summed E-state index contributed by atoms with van der Waals surface area (Å²) in [5, 5.41) is 6.44. The zero-order chi connectivity index (χ0) is 26.2. The van der Waals surface area contributed by atoms with Crippen LogP contribution in [0.2, 0.25) is 0 Å². The molecule has 3 heterocycles. The first-order valence-corrected chi connectivity index (χ1v) is 12.1. The molecule has 5 rings (SSSR count). The number of urea groups is 1. The summed E-state index contributed by atoms with van der Waals surface area (Å²) in [6, 6.07) is 15.0. The molecule has 190 valence electrons. The molecule has 0 spiro atoms. The summed E-state index contributed by atoms with van der Waals surface area (Å²) in [4.78, 5) is 31.9. The number of nitrogens with one attached hydrogen (secondary N) is 2. The molecule has 2 N–H and O–H groups in total. The first-order chi connectivity index (χ1) is 17.7. The molecule has 0 saturated heterocycles. The standard InChI is InChI=1S/C28H28FN5O3/c1-28(2,3)37-27(36)34-15-12-21-18(10-13-30-25(21)34)17-33-14-11-22-23(8-5-9-24(22)33)32-26(35)31-20-7-4-6-19(29)16-20/h4-10,12-13,15-16H,11,14,17H2,1-3H3,(H2,31,32,35). The van der Waals surface area contributed by atoms with Crippen molar-refractivity contribution in [2.75, 3.05) is 22.1 Å². The van der Waals surface area contributed by atoms with Gasteiger partial charge in [0, 0.05) is 53.5 Å². The summed E-state index contributed by atoms with van der Waals surface area (Å²) in [5.41, 5.74) is 4.13. The summed E-state index contributed by atoms with van der Waals surface area (Å²) in [7, 11) is 0. The van der Waals surface area contributed by atoms with Crippen LogP contribution < -0.4 is 15.5 Å². The van der Waals surface area contributed by atoms with Gasteiger partial charge in [-0.25, -0.2) is 23.5 Å². The van der Waals surface area contributed by atoms with Gasteiger partial charge in [0.2, 0.25) is 0 Å². The van der Waals surface area contributed by atoms with Crippen molar-refractivity contribution >= 4 is 40.2 Å². The van der Waals surface area contributed by atoms with E-state index in [9.17, 15) is 14.0 Å². The maximum absolute atomic E-state index is 13.4. The summed E-state index contributed by atoms with van der Waals surface area (Å²) in [6.45, 7) is 6.87. The van der Waals surface area contributed by atoms with E-state index in [2.05, 4.69) is 20.5 Å². The minimum atomic E-state index is -0.607. The van der Waals surface area contributed by atoms with Gasteiger partial charge in [0.15, 0.2) is 0 Å². The third kappa shape index (κ3) is 5.25. The molecule has 2 aromatic heterocycles. The van der Waals surface area contributed by atoms with Crippen molar-refractivity contribution in [3.63, 3.8) is 0 Å². The zero-order valence-electron chi connectivity index (χ0n) is 20.9. The van der Waals surface area contributed by atoms with Crippen LogP contribution in [0.4, 0.5) is 31.0 Å². The van der Waals surface area contributed by atoms with Gasteiger partial charge in [-0.05, 0) is 75.2 Å². The Morgan fingerprint density at radius 2 is 1.89 bits per heavy atom. The molecule has 37 heavy (non-hydrogen) atoms. The SMILES string of the molecule is CC(C)(C)OC(=O)n1ccc2c(CN3CCc4c(NC(=O)Nc5cccc(F)c5)cccc43)ccnc21. The fraction of sp³-hybridized carbons (Fsp3) is 0.250. The number of nitrogens with zero attached hydrogens (tertiary/aromatic N) is 3. The largest absolute Gasteiger partial charge is 0.443 e. The minimum absolute atomic E-state index is 0.381. The maximum atomic E-state index is 13.4. The van der Waals surface area contributed by atoms with Gasteiger partial charge < -0.3 is 20.3 Å². The molecule has 0 atom stereocenters. The van der Waals surface area contributed by atoms with Gasteiger partial charge >= 0.3 is 12.1 Å². The van der Waals surface area contributed by atoms with E-state index in [4.69, 9.17) is 4.74 Å². The predicted molar refractivity (Wildman–Crippen MR) is 142 cm³/mol. The van der Waals surface area contributed by atoms with E-state index in [-0.39, 0.29) is 0 Å². The molecule has 9 heteroatoms. The van der Waals surface area contributed by atoms with Crippen LogP contribution in [0.15, 0.2) is 67.0 Å². The van der Waals surface area contributed by atoms with Gasteiger partial charge in [-0.1, -0.05) is 12.1 Å².